The minimum Gasteiger partial charge on any atom is -0.507 e. The molecule has 2 N–H and O–H groups in total. The lowest BCUT2D eigenvalue weighted by Crippen LogP contribution is -2.06. The third kappa shape index (κ3) is 9.98. The maximum absolute atomic E-state index is 12.3. The molecule has 328 valence electrons. The van der Waals surface area contributed by atoms with Gasteiger partial charge in [0.15, 0.2) is 0 Å². The number of para-hydroxylation sites is 4. The Morgan fingerprint density at radius 2 is 0.742 bits per heavy atom. The Morgan fingerprint density at radius 1 is 0.409 bits per heavy atom. The molecule has 9 rings (SSSR count). The maximum atomic E-state index is 12.3. The summed E-state index contributed by atoms with van der Waals surface area (Å²) in [7, 11) is 3.29. The Labute approximate surface area is 385 Å². The monoisotopic (exact) mass is 870 g/mol. The van der Waals surface area contributed by atoms with Crippen LogP contribution in [-0.4, -0.2) is 36.9 Å². The number of methoxy groups -OCH3 is 2. The summed E-state index contributed by atoms with van der Waals surface area (Å²) < 4.78 is 24.9. The lowest BCUT2D eigenvalue weighted by Gasteiger charge is -2.21. The molecule has 8 nitrogen and oxygen atoms in total. The number of fused-ring (bicyclic) bond motifs is 8. The number of ether oxygens (including phenoxy) is 4. The van der Waals surface area contributed by atoms with Gasteiger partial charge in [-0.3, -0.25) is 9.98 Å². The zero-order valence-electron chi connectivity index (χ0n) is 37.0. The second-order valence-corrected chi connectivity index (χ2v) is 16.3. The van der Waals surface area contributed by atoms with Gasteiger partial charge in [-0.1, -0.05) is 121 Å². The molecule has 0 aromatic heterocycles. The average Bonchev–Trinajstić information content (AvgIpc) is 3.35. The van der Waals surface area contributed by atoms with Crippen molar-refractivity contribution in [2.24, 2.45) is 9.98 Å². The SMILES string of the molecule is COc1ccccc1C=Nc1cc2c(O)c(c1)Cc1cccc(c1OCc1ccccc1)Cc1cc(N=Cc3ccccc3OC)cc(c1O)Cc1cccc(c1OCc1ccccc1)C2. The molecule has 0 unspecified atom stereocenters. The fourth-order valence-electron chi connectivity index (χ4n) is 8.49. The maximum Gasteiger partial charge on any atom is 0.127 e. The van der Waals surface area contributed by atoms with Crippen molar-refractivity contribution in [3.05, 3.63) is 237 Å². The van der Waals surface area contributed by atoms with Gasteiger partial charge < -0.3 is 29.2 Å². The van der Waals surface area contributed by atoms with E-state index in [0.717, 1.165) is 44.5 Å². The normalized spacial score (nSPS) is 12.3. The Hall–Kier alpha value is -8.10. The number of nitrogens with zero attached hydrogens (tertiary/aromatic N) is 2. The first-order chi connectivity index (χ1) is 32.4. The van der Waals surface area contributed by atoms with Crippen LogP contribution in [0.3, 0.4) is 0 Å². The first kappa shape index (κ1) is 43.2. The van der Waals surface area contributed by atoms with Gasteiger partial charge in [-0.2, -0.15) is 0 Å². The molecule has 0 atom stereocenters. The number of phenolic OH excluding ortho intramolecular Hbond substituents is 2. The average molecular weight is 871 g/mol. The highest BCUT2D eigenvalue weighted by molar-refractivity contribution is 5.86. The first-order valence-electron chi connectivity index (χ1n) is 22.0. The summed E-state index contributed by atoms with van der Waals surface area (Å²) in [6.07, 6.45) is 4.95. The van der Waals surface area contributed by atoms with E-state index in [2.05, 4.69) is 0 Å². The smallest absolute Gasteiger partial charge is 0.127 e. The Bertz CT molecular complexity index is 2740. The number of hydrogen-bond donors (Lipinski definition) is 2. The zero-order chi connectivity index (χ0) is 45.2. The molecule has 0 spiro atoms. The van der Waals surface area contributed by atoms with Gasteiger partial charge >= 0.3 is 0 Å². The lowest BCUT2D eigenvalue weighted by molar-refractivity contribution is 0.300. The topological polar surface area (TPSA) is 102 Å². The van der Waals surface area contributed by atoms with Crippen LogP contribution in [-0.2, 0) is 38.9 Å². The number of rotatable bonds is 12. The van der Waals surface area contributed by atoms with Crippen LogP contribution in [0.25, 0.3) is 0 Å². The summed E-state index contributed by atoms with van der Waals surface area (Å²) in [6.45, 7) is 0.651. The van der Waals surface area contributed by atoms with Crippen molar-refractivity contribution >= 4 is 23.8 Å². The van der Waals surface area contributed by atoms with Crippen LogP contribution in [0.15, 0.2) is 180 Å². The second kappa shape index (κ2) is 20.2. The highest BCUT2D eigenvalue weighted by Gasteiger charge is 2.22. The minimum atomic E-state index is 0.178. The van der Waals surface area contributed by atoms with Gasteiger partial charge in [0.25, 0.3) is 0 Å². The molecular formula is C58H50N2O6. The molecule has 1 aliphatic rings. The molecule has 0 radical (unpaired) electrons. The van der Waals surface area contributed by atoms with Crippen molar-refractivity contribution in [2.75, 3.05) is 14.2 Å². The molecule has 8 aromatic carbocycles. The van der Waals surface area contributed by atoms with Gasteiger partial charge in [-0.15, -0.1) is 0 Å². The lowest BCUT2D eigenvalue weighted by atomic mass is 9.91. The zero-order valence-corrected chi connectivity index (χ0v) is 37.0. The van der Waals surface area contributed by atoms with Crippen LogP contribution in [0.4, 0.5) is 11.4 Å². The van der Waals surface area contributed by atoms with Crippen molar-refractivity contribution < 1.29 is 29.2 Å². The fraction of sp³-hybridized carbons (Fsp3) is 0.138. The van der Waals surface area contributed by atoms with Crippen molar-refractivity contribution in [1.29, 1.82) is 0 Å². The van der Waals surface area contributed by atoms with E-state index in [4.69, 9.17) is 28.9 Å². The van der Waals surface area contributed by atoms with Crippen LogP contribution in [0, 0.1) is 0 Å². The number of hydrogen-bond acceptors (Lipinski definition) is 8. The van der Waals surface area contributed by atoms with Crippen LogP contribution < -0.4 is 18.9 Å². The minimum absolute atomic E-state index is 0.178. The van der Waals surface area contributed by atoms with Gasteiger partial charge in [0.05, 0.1) is 25.6 Å². The van der Waals surface area contributed by atoms with Gasteiger partial charge in [0.2, 0.25) is 0 Å². The van der Waals surface area contributed by atoms with E-state index in [0.29, 0.717) is 95.5 Å². The van der Waals surface area contributed by atoms with E-state index in [1.54, 1.807) is 26.6 Å². The van der Waals surface area contributed by atoms with Gasteiger partial charge in [-0.25, -0.2) is 0 Å². The Balaban J connectivity index is 1.22. The van der Waals surface area contributed by atoms with E-state index in [1.807, 2.05) is 170 Å². The van der Waals surface area contributed by atoms with Crippen LogP contribution >= 0.6 is 0 Å². The van der Waals surface area contributed by atoms with Gasteiger partial charge in [0.1, 0.15) is 47.7 Å². The van der Waals surface area contributed by atoms with Gasteiger partial charge in [-0.05, 0) is 81.9 Å². The largest absolute Gasteiger partial charge is 0.507 e. The standard InChI is InChI=1S/C58H50N2O6/c1-63-53-25-11-9-19-45(53)35-59-51-31-47-27-41-21-13-23-43(57(41)65-37-39-15-5-3-6-16-39)29-49-33-52(60-36-46-20-10-12-26-54(46)64-2)34-50(56(49)62)30-44-24-14-22-42(28-48(32-51)55(47)61)58(44)66-38-40-17-7-4-8-18-40/h3-26,31-36,61-62H,27-30,37-38H2,1-2H3. The number of aromatic hydroxyl groups is 2. The first-order valence-corrected chi connectivity index (χ1v) is 22.0. The summed E-state index contributed by atoms with van der Waals surface area (Å²) in [4.78, 5) is 9.94. The predicted molar refractivity (Wildman–Crippen MR) is 262 cm³/mol. The Kier molecular flexibility index (Phi) is 13.2. The number of phenols is 2. The molecule has 8 heteroatoms. The predicted octanol–water partition coefficient (Wildman–Crippen LogP) is 12.5. The van der Waals surface area contributed by atoms with E-state index in [1.165, 1.54) is 0 Å². The quantitative estimate of drug-likeness (QED) is 0.119. The third-order valence-electron chi connectivity index (χ3n) is 11.8. The van der Waals surface area contributed by atoms with E-state index in [9.17, 15) is 10.2 Å². The molecule has 0 amide bonds. The molecule has 0 heterocycles. The molecular weight excluding hydrogens is 821 g/mol. The molecule has 0 saturated carbocycles. The molecule has 8 bridgehead atoms. The second-order valence-electron chi connectivity index (χ2n) is 16.3. The van der Waals surface area contributed by atoms with Crippen molar-refractivity contribution in [3.63, 3.8) is 0 Å². The number of aliphatic imine (C=N–C) groups is 2. The van der Waals surface area contributed by atoms with Crippen molar-refractivity contribution in [3.8, 4) is 34.5 Å². The summed E-state index contributed by atoms with van der Waals surface area (Å²) in [5.41, 5.74) is 11.3. The molecule has 0 fully saturated rings. The summed E-state index contributed by atoms with van der Waals surface area (Å²) in [5.74, 6) is 3.14. The summed E-state index contributed by atoms with van der Waals surface area (Å²) >= 11 is 0. The molecule has 1 aliphatic carbocycles. The highest BCUT2D eigenvalue weighted by atomic mass is 16.5. The van der Waals surface area contributed by atoms with Gasteiger partial charge in [0, 0.05) is 71.5 Å². The summed E-state index contributed by atoms with van der Waals surface area (Å²) in [5, 5.41) is 24.7. The van der Waals surface area contributed by atoms with Crippen LogP contribution in [0.1, 0.15) is 66.8 Å². The van der Waals surface area contributed by atoms with E-state index in [-0.39, 0.29) is 11.5 Å². The van der Waals surface area contributed by atoms with E-state index < -0.39 is 0 Å². The van der Waals surface area contributed by atoms with Crippen LogP contribution in [0.5, 0.6) is 34.5 Å². The highest BCUT2D eigenvalue weighted by Crippen LogP contribution is 2.41. The molecule has 0 saturated heterocycles. The van der Waals surface area contributed by atoms with Crippen LogP contribution in [0.2, 0.25) is 0 Å². The molecule has 8 aromatic rings. The molecule has 0 aliphatic heterocycles. The number of benzene rings is 8. The fourth-order valence-corrected chi connectivity index (χ4v) is 8.49. The van der Waals surface area contributed by atoms with Crippen molar-refractivity contribution in [2.45, 2.75) is 38.9 Å². The van der Waals surface area contributed by atoms with E-state index >= 15 is 0 Å². The summed E-state index contributed by atoms with van der Waals surface area (Å²) in [6, 6.07) is 55.5. The van der Waals surface area contributed by atoms with Crippen molar-refractivity contribution in [1.82, 2.24) is 0 Å². The third-order valence-corrected chi connectivity index (χ3v) is 11.8. The Morgan fingerprint density at radius 3 is 1.09 bits per heavy atom. The molecule has 66 heavy (non-hydrogen) atoms.